The first-order valence-corrected chi connectivity index (χ1v) is 12.2. The summed E-state index contributed by atoms with van der Waals surface area (Å²) in [5.74, 6) is 1.37. The lowest BCUT2D eigenvalue weighted by atomic mass is 10.1. The number of aliphatic hydroxyl groups excluding tert-OH is 1. The van der Waals surface area contributed by atoms with E-state index in [1.54, 1.807) is 7.11 Å². The lowest BCUT2D eigenvalue weighted by Crippen LogP contribution is -2.37. The Morgan fingerprint density at radius 3 is 2.69 bits per heavy atom. The van der Waals surface area contributed by atoms with Crippen LogP contribution in [0.15, 0.2) is 18.2 Å². The fraction of sp³-hybridized carbons (Fsp3) is 0.640. The molecule has 0 spiro atoms. The zero-order valence-electron chi connectivity index (χ0n) is 19.4. The maximum atomic E-state index is 10.5. The number of rotatable bonds is 10. The summed E-state index contributed by atoms with van der Waals surface area (Å²) in [7, 11) is 1.66. The van der Waals surface area contributed by atoms with Gasteiger partial charge in [0.25, 0.3) is 0 Å². The number of benzene rings is 1. The van der Waals surface area contributed by atoms with E-state index in [0.717, 1.165) is 50.3 Å². The molecule has 0 radical (unpaired) electrons. The Morgan fingerprint density at radius 1 is 1.06 bits per heavy atom. The van der Waals surface area contributed by atoms with Crippen LogP contribution < -0.4 is 14.8 Å². The van der Waals surface area contributed by atoms with Crippen LogP contribution in [0.1, 0.15) is 61.0 Å². The first kappa shape index (κ1) is 23.1. The van der Waals surface area contributed by atoms with Gasteiger partial charge in [-0.3, -0.25) is 5.10 Å². The average molecular weight is 443 g/mol. The highest BCUT2D eigenvalue weighted by Gasteiger charge is 2.18. The minimum Gasteiger partial charge on any atom is -0.493 e. The quantitative estimate of drug-likeness (QED) is 0.524. The Hall–Kier alpha value is -2.09. The predicted molar refractivity (Wildman–Crippen MR) is 125 cm³/mol. The van der Waals surface area contributed by atoms with Crippen LogP contribution in [-0.2, 0) is 25.9 Å². The van der Waals surface area contributed by atoms with Gasteiger partial charge in [-0.2, -0.15) is 5.10 Å². The number of hydrogen-bond donors (Lipinski definition) is 3. The third-order valence-corrected chi connectivity index (χ3v) is 6.59. The van der Waals surface area contributed by atoms with E-state index >= 15 is 0 Å². The van der Waals surface area contributed by atoms with Crippen LogP contribution in [-0.4, -0.2) is 59.7 Å². The largest absolute Gasteiger partial charge is 0.493 e. The third-order valence-electron chi connectivity index (χ3n) is 6.59. The number of likely N-dealkylation sites (tertiary alicyclic amines) is 1. The van der Waals surface area contributed by atoms with Gasteiger partial charge in [0.15, 0.2) is 11.5 Å². The summed E-state index contributed by atoms with van der Waals surface area (Å²) in [5, 5.41) is 21.6. The van der Waals surface area contributed by atoms with Crippen molar-refractivity contribution in [3.8, 4) is 11.5 Å². The van der Waals surface area contributed by atoms with Gasteiger partial charge >= 0.3 is 0 Å². The molecule has 1 aliphatic carbocycles. The maximum Gasteiger partial charge on any atom is 0.161 e. The van der Waals surface area contributed by atoms with Crippen LogP contribution >= 0.6 is 0 Å². The molecule has 176 valence electrons. The van der Waals surface area contributed by atoms with Crippen molar-refractivity contribution in [2.24, 2.45) is 0 Å². The van der Waals surface area contributed by atoms with Crippen molar-refractivity contribution in [3.63, 3.8) is 0 Å². The highest BCUT2D eigenvalue weighted by Crippen LogP contribution is 2.28. The zero-order valence-corrected chi connectivity index (χ0v) is 19.4. The molecule has 0 saturated carbocycles. The summed E-state index contributed by atoms with van der Waals surface area (Å²) in [5.41, 5.74) is 4.97. The topological polar surface area (TPSA) is 82.6 Å². The predicted octanol–water partition coefficient (Wildman–Crippen LogP) is 3.20. The number of β-amino-alcohol motifs (C(OH)–C–C–N with tert-alkyl or cyclic N) is 1. The van der Waals surface area contributed by atoms with Crippen molar-refractivity contribution in [1.29, 1.82) is 0 Å². The second-order valence-corrected chi connectivity index (χ2v) is 9.10. The monoisotopic (exact) mass is 442 g/mol. The molecule has 1 saturated heterocycles. The van der Waals surface area contributed by atoms with E-state index in [4.69, 9.17) is 9.47 Å². The molecule has 1 aliphatic heterocycles. The van der Waals surface area contributed by atoms with Crippen molar-refractivity contribution >= 4 is 0 Å². The molecule has 7 nitrogen and oxygen atoms in total. The normalized spacial score (nSPS) is 18.1. The maximum absolute atomic E-state index is 10.5. The van der Waals surface area contributed by atoms with Crippen LogP contribution in [0.3, 0.4) is 0 Å². The number of nitrogens with zero attached hydrogens (tertiary/aromatic N) is 2. The third kappa shape index (κ3) is 6.24. The highest BCUT2D eigenvalue weighted by molar-refractivity contribution is 5.43. The molecule has 7 heteroatoms. The molecule has 2 aromatic rings. The second kappa shape index (κ2) is 11.7. The van der Waals surface area contributed by atoms with Gasteiger partial charge in [0.05, 0.1) is 12.8 Å². The zero-order chi connectivity index (χ0) is 22.2. The molecule has 1 fully saturated rings. The van der Waals surface area contributed by atoms with E-state index in [2.05, 4.69) is 20.4 Å². The van der Waals surface area contributed by atoms with E-state index in [0.29, 0.717) is 18.0 Å². The van der Waals surface area contributed by atoms with Crippen molar-refractivity contribution in [1.82, 2.24) is 20.4 Å². The van der Waals surface area contributed by atoms with Crippen molar-refractivity contribution < 1.29 is 14.6 Å². The van der Waals surface area contributed by atoms with Crippen molar-refractivity contribution in [3.05, 3.63) is 40.7 Å². The van der Waals surface area contributed by atoms with Gasteiger partial charge in [0.2, 0.25) is 0 Å². The fourth-order valence-corrected chi connectivity index (χ4v) is 4.83. The van der Waals surface area contributed by atoms with E-state index in [1.165, 1.54) is 49.8 Å². The van der Waals surface area contributed by atoms with E-state index in [1.807, 2.05) is 18.2 Å². The molecule has 1 atom stereocenters. The minimum absolute atomic E-state index is 0.273. The number of methoxy groups -OCH3 is 1. The number of H-pyrrole nitrogens is 1. The summed E-state index contributed by atoms with van der Waals surface area (Å²) in [6, 6.07) is 5.98. The number of hydrogen-bond acceptors (Lipinski definition) is 6. The Balaban J connectivity index is 1.24. The molecule has 32 heavy (non-hydrogen) atoms. The number of fused-ring (bicyclic) bond motifs is 1. The SMILES string of the molecule is COc1cc(CNCc2n[nH]c3c2CCC3)ccc1OC[C@H](O)CN1CCCCCCC1. The van der Waals surface area contributed by atoms with Crippen molar-refractivity contribution in [2.45, 2.75) is 70.6 Å². The second-order valence-electron chi connectivity index (χ2n) is 9.10. The van der Waals surface area contributed by atoms with Crippen LogP contribution in [0.25, 0.3) is 0 Å². The van der Waals surface area contributed by atoms with Gasteiger partial charge < -0.3 is 24.8 Å². The molecular formula is C25H38N4O3. The highest BCUT2D eigenvalue weighted by atomic mass is 16.5. The number of aliphatic hydroxyl groups is 1. The summed E-state index contributed by atoms with van der Waals surface area (Å²) in [6.07, 6.45) is 9.35. The lowest BCUT2D eigenvalue weighted by Gasteiger charge is -2.26. The van der Waals surface area contributed by atoms with Crippen LogP contribution in [0.5, 0.6) is 11.5 Å². The minimum atomic E-state index is -0.504. The molecular weight excluding hydrogens is 404 g/mol. The Morgan fingerprint density at radius 2 is 1.88 bits per heavy atom. The van der Waals surface area contributed by atoms with Gasteiger partial charge in [0.1, 0.15) is 12.7 Å². The molecule has 3 N–H and O–H groups in total. The molecule has 0 bridgehead atoms. The van der Waals surface area contributed by atoms with Gasteiger partial charge in [-0.05, 0) is 68.5 Å². The molecule has 0 amide bonds. The van der Waals surface area contributed by atoms with Gasteiger partial charge in [-0.1, -0.05) is 25.3 Å². The molecule has 1 aromatic carbocycles. The standard InChI is InChI=1S/C25H38N4O3/c1-31-25-14-19(15-26-16-23-21-8-7-9-22(21)27-28-23)10-11-24(25)32-18-20(30)17-29-12-5-3-2-4-6-13-29/h10-11,14,20,26,30H,2-9,12-13,15-18H2,1H3,(H,27,28)/t20-/m1/s1. The molecule has 2 aliphatic rings. The van der Waals surface area contributed by atoms with Crippen LogP contribution in [0.4, 0.5) is 0 Å². The van der Waals surface area contributed by atoms with Crippen molar-refractivity contribution in [2.75, 3.05) is 33.4 Å². The Labute approximate surface area is 191 Å². The summed E-state index contributed by atoms with van der Waals surface area (Å²) in [4.78, 5) is 2.37. The number of ether oxygens (including phenoxy) is 2. The molecule has 0 unspecified atom stereocenters. The Kier molecular flexibility index (Phi) is 8.42. The van der Waals surface area contributed by atoms with E-state index in [9.17, 15) is 5.11 Å². The summed E-state index contributed by atoms with van der Waals surface area (Å²) < 4.78 is 11.5. The van der Waals surface area contributed by atoms with E-state index < -0.39 is 6.10 Å². The summed E-state index contributed by atoms with van der Waals surface area (Å²) in [6.45, 7) is 4.58. The molecule has 2 heterocycles. The Bertz CT molecular complexity index is 846. The number of aryl methyl sites for hydroxylation is 1. The van der Waals surface area contributed by atoms with Crippen LogP contribution in [0.2, 0.25) is 0 Å². The number of aromatic nitrogens is 2. The number of nitrogens with one attached hydrogen (secondary N) is 2. The van der Waals surface area contributed by atoms with Gasteiger partial charge in [-0.25, -0.2) is 0 Å². The fourth-order valence-electron chi connectivity index (χ4n) is 4.83. The van der Waals surface area contributed by atoms with Gasteiger partial charge in [0, 0.05) is 25.3 Å². The first-order valence-electron chi connectivity index (χ1n) is 12.2. The smallest absolute Gasteiger partial charge is 0.161 e. The van der Waals surface area contributed by atoms with E-state index in [-0.39, 0.29) is 6.61 Å². The number of aromatic amines is 1. The van der Waals surface area contributed by atoms with Crippen LogP contribution in [0, 0.1) is 0 Å². The first-order chi connectivity index (χ1) is 15.7. The average Bonchev–Trinajstić information content (AvgIpc) is 3.39. The molecule has 1 aromatic heterocycles. The molecule has 4 rings (SSSR count). The lowest BCUT2D eigenvalue weighted by molar-refractivity contribution is 0.0645. The van der Waals surface area contributed by atoms with Gasteiger partial charge in [-0.15, -0.1) is 0 Å². The summed E-state index contributed by atoms with van der Waals surface area (Å²) >= 11 is 0.